The lowest BCUT2D eigenvalue weighted by Crippen LogP contribution is -2.26. The van der Waals surface area contributed by atoms with E-state index in [2.05, 4.69) is 23.1 Å². The zero-order valence-electron chi connectivity index (χ0n) is 15.8. The van der Waals surface area contributed by atoms with Crippen molar-refractivity contribution in [2.75, 3.05) is 12.3 Å². The highest BCUT2D eigenvalue weighted by Gasteiger charge is 2.43. The predicted octanol–water partition coefficient (Wildman–Crippen LogP) is -0.503. The second-order valence-corrected chi connectivity index (χ2v) is 10.9. The normalized spacial score (nSPS) is 25.6. The van der Waals surface area contributed by atoms with Crippen molar-refractivity contribution in [2.45, 2.75) is 31.5 Å². The molecule has 0 spiro atoms. The van der Waals surface area contributed by atoms with Crippen LogP contribution in [0.4, 0.5) is 5.82 Å². The van der Waals surface area contributed by atoms with E-state index < -0.39 is 48.5 Å². The van der Waals surface area contributed by atoms with Crippen molar-refractivity contribution >= 4 is 40.3 Å². The first-order valence-electron chi connectivity index (χ1n) is 8.54. The van der Waals surface area contributed by atoms with Crippen LogP contribution in [0.3, 0.4) is 0 Å². The number of aliphatic hydroxyl groups is 2. The van der Waals surface area contributed by atoms with Gasteiger partial charge in [-0.15, -0.1) is 0 Å². The van der Waals surface area contributed by atoms with E-state index in [-0.39, 0.29) is 18.8 Å². The molecule has 0 aromatic carbocycles. The minimum absolute atomic E-state index is 0.0387. The number of nitrogen functional groups attached to an aromatic ring is 1. The van der Waals surface area contributed by atoms with Gasteiger partial charge in [0.25, 0.3) is 0 Å². The molecule has 0 saturated carbocycles. The first kappa shape index (κ1) is 25.3. The van der Waals surface area contributed by atoms with E-state index in [1.54, 1.807) is 0 Å². The summed E-state index contributed by atoms with van der Waals surface area (Å²) in [6, 6.07) is 0. The summed E-state index contributed by atoms with van der Waals surface area (Å²) >= 11 is 0. The summed E-state index contributed by atoms with van der Waals surface area (Å²) in [6.45, 7) is -1.20. The van der Waals surface area contributed by atoms with Crippen LogP contribution in [0.15, 0.2) is 12.5 Å². The van der Waals surface area contributed by atoms with E-state index in [1.807, 2.05) is 0 Å². The van der Waals surface area contributed by atoms with Crippen molar-refractivity contribution in [3.05, 3.63) is 18.1 Å². The maximum Gasteiger partial charge on any atom is 0.490 e. The number of anilines is 1. The number of aliphatic hydroxyl groups excluding tert-OH is 2. The van der Waals surface area contributed by atoms with Crippen LogP contribution in [0, 0.1) is 0 Å². The molecule has 1 aliphatic rings. The number of hydrogen-bond acceptors (Lipinski definition) is 12. The molecule has 1 aliphatic heterocycles. The summed E-state index contributed by atoms with van der Waals surface area (Å²) in [5.41, 5.74) is 6.52. The van der Waals surface area contributed by atoms with Crippen molar-refractivity contribution in [3.63, 3.8) is 0 Å². The van der Waals surface area contributed by atoms with Crippen LogP contribution >= 0.6 is 23.5 Å². The number of phosphoric acid groups is 3. The molecule has 17 nitrogen and oxygen atoms in total. The van der Waals surface area contributed by atoms with Gasteiger partial charge in [0.15, 0.2) is 0 Å². The summed E-state index contributed by atoms with van der Waals surface area (Å²) in [4.78, 5) is 43.6. The third kappa shape index (κ3) is 5.98. The minimum atomic E-state index is -5.66. The Kier molecular flexibility index (Phi) is 7.25. The van der Waals surface area contributed by atoms with Crippen LogP contribution in [0.5, 0.6) is 0 Å². The van der Waals surface area contributed by atoms with Gasteiger partial charge >= 0.3 is 23.5 Å². The number of ether oxygens (including phenoxy) is 1. The van der Waals surface area contributed by atoms with Crippen molar-refractivity contribution in [2.24, 2.45) is 0 Å². The molecule has 5 atom stereocenters. The van der Waals surface area contributed by atoms with Gasteiger partial charge in [0.2, 0.25) is 0 Å². The second kappa shape index (κ2) is 9.16. The molecular formula is C12H19N4O13P3. The molecule has 1 fully saturated rings. The van der Waals surface area contributed by atoms with E-state index in [9.17, 15) is 28.8 Å². The number of phosphoric ester groups is 1. The van der Waals surface area contributed by atoms with Gasteiger partial charge in [0.1, 0.15) is 30.1 Å². The molecule has 0 bridgehead atoms. The number of rotatable bonds is 9. The molecule has 0 radical (unpaired) electrons. The second-order valence-electron chi connectivity index (χ2n) is 6.50. The van der Waals surface area contributed by atoms with Crippen LogP contribution in [0.1, 0.15) is 18.2 Å². The van der Waals surface area contributed by atoms with Gasteiger partial charge in [0, 0.05) is 18.2 Å². The Hall–Kier alpha value is -1.29. The Morgan fingerprint density at radius 3 is 2.47 bits per heavy atom. The minimum Gasteiger partial charge on any atom is -0.392 e. The van der Waals surface area contributed by atoms with E-state index in [4.69, 9.17) is 25.2 Å². The lowest BCUT2D eigenvalue weighted by Gasteiger charge is -2.19. The fourth-order valence-corrected chi connectivity index (χ4v) is 6.06. The number of hydrogen-bond donors (Lipinski definition) is 7. The molecule has 20 heteroatoms. The lowest BCUT2D eigenvalue weighted by molar-refractivity contribution is -0.0422. The molecule has 0 amide bonds. The molecule has 3 heterocycles. The number of fused-ring (bicyclic) bond motifs is 1. The Balaban J connectivity index is 1.69. The van der Waals surface area contributed by atoms with E-state index >= 15 is 0 Å². The fourth-order valence-electron chi connectivity index (χ4n) is 3.03. The van der Waals surface area contributed by atoms with E-state index in [1.165, 1.54) is 17.1 Å². The Morgan fingerprint density at radius 1 is 1.16 bits per heavy atom. The van der Waals surface area contributed by atoms with E-state index in [0.29, 0.717) is 16.6 Å². The van der Waals surface area contributed by atoms with Crippen molar-refractivity contribution in [1.29, 1.82) is 0 Å². The summed E-state index contributed by atoms with van der Waals surface area (Å²) in [5, 5.41) is 20.2. The Morgan fingerprint density at radius 2 is 1.84 bits per heavy atom. The van der Waals surface area contributed by atoms with Crippen molar-refractivity contribution in [3.8, 4) is 0 Å². The van der Waals surface area contributed by atoms with Crippen molar-refractivity contribution < 1.29 is 61.4 Å². The van der Waals surface area contributed by atoms with Crippen LogP contribution < -0.4 is 5.73 Å². The standard InChI is InChI=1S/C12H19N4O13P3/c13-11-10-6(3-17)2-16(12(10)15-5-14-11)9-1-7(18)8(27-9)4-26-31(22,23)29-32(24,25)28-30(19,20)21/h2,5,7-9,17-18H,1,3-4H2,(H,22,23)(H,24,25)(H2,13,14,15)(H2,19,20,21)/t7-,8-,9-/m1/s1. The predicted molar refractivity (Wildman–Crippen MR) is 102 cm³/mol. The average molecular weight is 520 g/mol. The molecule has 8 N–H and O–H groups in total. The molecule has 3 rings (SSSR count). The molecule has 2 aromatic heterocycles. The maximum absolute atomic E-state index is 11.8. The number of nitrogens with zero attached hydrogens (tertiary/aromatic N) is 3. The largest absolute Gasteiger partial charge is 0.490 e. The third-order valence-corrected chi connectivity index (χ3v) is 8.02. The number of nitrogens with two attached hydrogens (primary N) is 1. The zero-order valence-corrected chi connectivity index (χ0v) is 18.5. The Labute approximate surface area is 178 Å². The third-order valence-electron chi connectivity index (χ3n) is 4.22. The van der Waals surface area contributed by atoms with Crippen LogP contribution in [-0.4, -0.2) is 63.1 Å². The highest BCUT2D eigenvalue weighted by atomic mass is 31.3. The van der Waals surface area contributed by atoms with E-state index in [0.717, 1.165) is 0 Å². The van der Waals surface area contributed by atoms with Gasteiger partial charge in [-0.25, -0.2) is 23.7 Å². The monoisotopic (exact) mass is 520 g/mol. The van der Waals surface area contributed by atoms with Crippen LogP contribution in [0.2, 0.25) is 0 Å². The fraction of sp³-hybridized carbons (Fsp3) is 0.500. The molecule has 1 saturated heterocycles. The van der Waals surface area contributed by atoms with Crippen LogP contribution in [0.25, 0.3) is 11.0 Å². The molecule has 32 heavy (non-hydrogen) atoms. The lowest BCUT2D eigenvalue weighted by atomic mass is 10.2. The summed E-state index contributed by atoms with van der Waals surface area (Å²) < 4.78 is 52.6. The van der Waals surface area contributed by atoms with Gasteiger partial charge in [0.05, 0.1) is 24.7 Å². The molecule has 2 aromatic rings. The van der Waals surface area contributed by atoms with Gasteiger partial charge in [-0.3, -0.25) is 4.52 Å². The van der Waals surface area contributed by atoms with Crippen LogP contribution in [-0.2, 0) is 38.2 Å². The first-order chi connectivity index (χ1) is 14.7. The first-order valence-corrected chi connectivity index (χ1v) is 13.1. The van der Waals surface area contributed by atoms with Gasteiger partial charge < -0.3 is 44.8 Å². The zero-order chi connectivity index (χ0) is 23.9. The molecule has 180 valence electrons. The quantitative estimate of drug-likeness (QED) is 0.205. The molecular weight excluding hydrogens is 501 g/mol. The molecule has 0 aliphatic carbocycles. The Bertz CT molecular complexity index is 1130. The highest BCUT2D eigenvalue weighted by Crippen LogP contribution is 2.66. The SMILES string of the molecule is Nc1ncnc2c1c(CO)cn2[C@H]1C[C@@H](O)[C@@H](COP(=O)(O)OP(=O)(O)OP(=O)(O)O)O1. The smallest absolute Gasteiger partial charge is 0.392 e. The number of aromatic nitrogens is 3. The highest BCUT2D eigenvalue weighted by molar-refractivity contribution is 7.66. The summed E-state index contributed by atoms with van der Waals surface area (Å²) in [5.74, 6) is 0.112. The van der Waals surface area contributed by atoms with Gasteiger partial charge in [-0.2, -0.15) is 8.62 Å². The summed E-state index contributed by atoms with van der Waals surface area (Å²) in [6.07, 6.45) is -0.689. The topological polar surface area (TPSA) is 266 Å². The van der Waals surface area contributed by atoms with Crippen molar-refractivity contribution in [1.82, 2.24) is 14.5 Å². The summed E-state index contributed by atoms with van der Waals surface area (Å²) in [7, 11) is -16.6. The van der Waals surface area contributed by atoms with Gasteiger partial charge in [-0.05, 0) is 0 Å². The molecule has 2 unspecified atom stereocenters. The maximum atomic E-state index is 11.8. The van der Waals surface area contributed by atoms with Gasteiger partial charge in [-0.1, -0.05) is 0 Å². The average Bonchev–Trinajstić information content (AvgIpc) is 3.18.